The van der Waals surface area contributed by atoms with Gasteiger partial charge in [-0.15, -0.1) is 0 Å². The normalized spacial score (nSPS) is 14.5. The Balaban J connectivity index is 2.36. The first kappa shape index (κ1) is 10.0. The molecule has 0 spiro atoms. The average molecular weight is 202 g/mol. The van der Waals surface area contributed by atoms with Crippen molar-refractivity contribution in [2.45, 2.75) is 12.8 Å². The molecule has 1 N–H and O–H groups in total. The quantitative estimate of drug-likeness (QED) is 0.743. The second kappa shape index (κ2) is 4.33. The number of aliphatic hydroxyl groups excluding tert-OH is 1. The van der Waals surface area contributed by atoms with Crippen LogP contribution in [0.2, 0.25) is 0 Å². The van der Waals surface area contributed by atoms with Crippen molar-refractivity contribution in [3.8, 4) is 0 Å². The average Bonchev–Trinajstić information content (AvgIpc) is 2.29. The third-order valence-corrected chi connectivity index (χ3v) is 2.78. The van der Waals surface area contributed by atoms with Crippen LogP contribution in [0.25, 0.3) is 4.85 Å². The Kier molecular flexibility index (Phi) is 2.89. The Morgan fingerprint density at radius 2 is 2.33 bits per heavy atom. The molecular formula is C12H14N2O. The summed E-state index contributed by atoms with van der Waals surface area (Å²) in [6.45, 7) is 8.80. The second-order valence-electron chi connectivity index (χ2n) is 3.74. The third kappa shape index (κ3) is 1.95. The number of aryl methyl sites for hydroxylation is 1. The van der Waals surface area contributed by atoms with Gasteiger partial charge in [0.25, 0.3) is 0 Å². The fourth-order valence-corrected chi connectivity index (χ4v) is 2.06. The molecule has 0 saturated carbocycles. The van der Waals surface area contributed by atoms with Gasteiger partial charge in [-0.1, -0.05) is 12.1 Å². The maximum atomic E-state index is 8.97. The highest BCUT2D eigenvalue weighted by molar-refractivity contribution is 5.64. The van der Waals surface area contributed by atoms with Crippen LogP contribution in [0, 0.1) is 6.57 Å². The van der Waals surface area contributed by atoms with Gasteiger partial charge in [0, 0.05) is 18.8 Å². The molecule has 0 atom stereocenters. The van der Waals surface area contributed by atoms with Crippen molar-refractivity contribution in [3.05, 3.63) is 35.2 Å². The van der Waals surface area contributed by atoms with Crippen molar-refractivity contribution in [2.24, 2.45) is 0 Å². The van der Waals surface area contributed by atoms with Crippen molar-refractivity contribution in [2.75, 3.05) is 24.6 Å². The van der Waals surface area contributed by atoms with Crippen molar-refractivity contribution in [1.82, 2.24) is 0 Å². The molecule has 1 aromatic carbocycles. The predicted octanol–water partition coefficient (Wildman–Crippen LogP) is 1.98. The molecule has 3 heteroatoms. The van der Waals surface area contributed by atoms with Crippen molar-refractivity contribution >= 4 is 11.4 Å². The lowest BCUT2D eigenvalue weighted by Crippen LogP contribution is -2.31. The molecule has 0 radical (unpaired) electrons. The summed E-state index contributed by atoms with van der Waals surface area (Å²) in [7, 11) is 0. The second-order valence-corrected chi connectivity index (χ2v) is 3.74. The number of aliphatic hydroxyl groups is 1. The summed E-state index contributed by atoms with van der Waals surface area (Å²) in [6, 6.07) is 5.83. The van der Waals surface area contributed by atoms with E-state index in [1.807, 2.05) is 18.2 Å². The topological polar surface area (TPSA) is 27.8 Å². The molecule has 78 valence electrons. The molecule has 1 aromatic rings. The SMILES string of the molecule is [C-]#[N+]c1ccc2c(c1)N(CCO)CCC2. The standard InChI is InChI=1S/C12H14N2O/c1-13-11-5-4-10-3-2-6-14(7-8-15)12(10)9-11/h4-5,9,15H,2-3,6-8H2. The lowest BCUT2D eigenvalue weighted by molar-refractivity contribution is 0.301. The van der Waals surface area contributed by atoms with Gasteiger partial charge in [-0.25, -0.2) is 4.85 Å². The number of anilines is 1. The van der Waals surface area contributed by atoms with Crippen molar-refractivity contribution < 1.29 is 5.11 Å². The smallest absolute Gasteiger partial charge is 0.189 e. The first-order valence-corrected chi connectivity index (χ1v) is 5.21. The van der Waals surface area contributed by atoms with E-state index in [9.17, 15) is 0 Å². The molecule has 0 saturated heterocycles. The molecule has 1 aliphatic heterocycles. The van der Waals surface area contributed by atoms with Gasteiger partial charge in [0.05, 0.1) is 13.2 Å². The number of nitrogens with zero attached hydrogens (tertiary/aromatic N) is 2. The summed E-state index contributed by atoms with van der Waals surface area (Å²) in [5.74, 6) is 0. The molecule has 0 aliphatic carbocycles. The molecule has 15 heavy (non-hydrogen) atoms. The summed E-state index contributed by atoms with van der Waals surface area (Å²) >= 11 is 0. The Labute approximate surface area is 89.8 Å². The first-order valence-electron chi connectivity index (χ1n) is 5.21. The van der Waals surface area contributed by atoms with Gasteiger partial charge < -0.3 is 10.0 Å². The molecule has 0 fully saturated rings. The minimum atomic E-state index is 0.168. The summed E-state index contributed by atoms with van der Waals surface area (Å²) in [6.07, 6.45) is 2.21. The zero-order valence-corrected chi connectivity index (χ0v) is 8.61. The Morgan fingerprint density at radius 3 is 3.07 bits per heavy atom. The van der Waals surface area contributed by atoms with Gasteiger partial charge in [-0.05, 0) is 24.5 Å². The van der Waals surface area contributed by atoms with Gasteiger partial charge >= 0.3 is 0 Å². The molecule has 3 nitrogen and oxygen atoms in total. The Morgan fingerprint density at radius 1 is 1.47 bits per heavy atom. The molecule has 1 heterocycles. The lowest BCUT2D eigenvalue weighted by Gasteiger charge is -2.31. The van der Waals surface area contributed by atoms with E-state index in [1.165, 1.54) is 5.56 Å². The molecule has 0 bridgehead atoms. The number of rotatable bonds is 2. The number of β-amino-alcohol motifs (C(OH)–C–C–N with tert-alkyl or cyclic N) is 1. The Bertz CT molecular complexity index is 395. The van der Waals surface area contributed by atoms with E-state index in [4.69, 9.17) is 11.7 Å². The van der Waals surface area contributed by atoms with E-state index in [0.29, 0.717) is 12.2 Å². The minimum Gasteiger partial charge on any atom is -0.395 e. The highest BCUT2D eigenvalue weighted by atomic mass is 16.3. The van der Waals surface area contributed by atoms with E-state index in [1.54, 1.807) is 0 Å². The van der Waals surface area contributed by atoms with E-state index in [0.717, 1.165) is 25.1 Å². The van der Waals surface area contributed by atoms with Crippen LogP contribution in [-0.4, -0.2) is 24.8 Å². The third-order valence-electron chi connectivity index (χ3n) is 2.78. The fourth-order valence-electron chi connectivity index (χ4n) is 2.06. The van der Waals surface area contributed by atoms with Gasteiger partial charge in [0.2, 0.25) is 0 Å². The van der Waals surface area contributed by atoms with E-state index >= 15 is 0 Å². The van der Waals surface area contributed by atoms with Crippen LogP contribution in [0.1, 0.15) is 12.0 Å². The molecule has 0 unspecified atom stereocenters. The summed E-state index contributed by atoms with van der Waals surface area (Å²) < 4.78 is 0. The van der Waals surface area contributed by atoms with E-state index < -0.39 is 0 Å². The zero-order valence-electron chi connectivity index (χ0n) is 8.61. The molecule has 0 amide bonds. The number of fused-ring (bicyclic) bond motifs is 1. The lowest BCUT2D eigenvalue weighted by atomic mass is 10.0. The highest BCUT2D eigenvalue weighted by Crippen LogP contribution is 2.30. The largest absolute Gasteiger partial charge is 0.395 e. The van der Waals surface area contributed by atoms with Crippen LogP contribution in [0.15, 0.2) is 18.2 Å². The summed E-state index contributed by atoms with van der Waals surface area (Å²) in [5, 5.41) is 8.97. The maximum absolute atomic E-state index is 8.97. The van der Waals surface area contributed by atoms with Crippen LogP contribution >= 0.6 is 0 Å². The van der Waals surface area contributed by atoms with E-state index in [2.05, 4.69) is 9.74 Å². The van der Waals surface area contributed by atoms with Gasteiger partial charge in [-0.3, -0.25) is 0 Å². The molecule has 2 rings (SSSR count). The maximum Gasteiger partial charge on any atom is 0.189 e. The zero-order chi connectivity index (χ0) is 10.7. The number of hydrogen-bond acceptors (Lipinski definition) is 2. The monoisotopic (exact) mass is 202 g/mol. The fraction of sp³-hybridized carbons (Fsp3) is 0.417. The number of hydrogen-bond donors (Lipinski definition) is 1. The molecule has 0 aromatic heterocycles. The van der Waals surface area contributed by atoms with Crippen LogP contribution in [0.4, 0.5) is 11.4 Å². The van der Waals surface area contributed by atoms with Crippen molar-refractivity contribution in [3.63, 3.8) is 0 Å². The van der Waals surface area contributed by atoms with Crippen LogP contribution in [0.5, 0.6) is 0 Å². The van der Waals surface area contributed by atoms with Gasteiger partial charge in [0.15, 0.2) is 5.69 Å². The molecular weight excluding hydrogens is 188 g/mol. The Hall–Kier alpha value is -1.53. The highest BCUT2D eigenvalue weighted by Gasteiger charge is 2.16. The molecule has 1 aliphatic rings. The van der Waals surface area contributed by atoms with Gasteiger partial charge in [-0.2, -0.15) is 0 Å². The van der Waals surface area contributed by atoms with Crippen LogP contribution < -0.4 is 4.90 Å². The number of benzene rings is 1. The van der Waals surface area contributed by atoms with E-state index in [-0.39, 0.29) is 6.61 Å². The van der Waals surface area contributed by atoms with Gasteiger partial charge in [0.1, 0.15) is 0 Å². The minimum absolute atomic E-state index is 0.168. The summed E-state index contributed by atoms with van der Waals surface area (Å²) in [5.41, 5.74) is 3.10. The summed E-state index contributed by atoms with van der Waals surface area (Å²) in [4.78, 5) is 5.59. The first-order chi connectivity index (χ1) is 7.35. The van der Waals surface area contributed by atoms with Crippen molar-refractivity contribution in [1.29, 1.82) is 0 Å². The van der Waals surface area contributed by atoms with Crippen LogP contribution in [-0.2, 0) is 6.42 Å². The van der Waals surface area contributed by atoms with Crippen LogP contribution in [0.3, 0.4) is 0 Å². The predicted molar refractivity (Wildman–Crippen MR) is 60.3 cm³/mol.